The predicted octanol–water partition coefficient (Wildman–Crippen LogP) is 2.58. The van der Waals surface area contributed by atoms with Crippen molar-refractivity contribution >= 4 is 27.5 Å². The van der Waals surface area contributed by atoms with E-state index in [4.69, 9.17) is 4.74 Å². The zero-order chi connectivity index (χ0) is 26.0. The number of aliphatic hydroxyl groups excluding tert-OH is 1. The number of likely N-dealkylation sites (N-methyl/N-ethyl adjacent to an activating group) is 1. The van der Waals surface area contributed by atoms with Crippen LogP contribution in [0.5, 0.6) is 5.75 Å². The fraction of sp³-hybridized carbons (Fsp3) is 0.462. The molecule has 2 amide bonds. The molecule has 36 heavy (non-hydrogen) atoms. The molecule has 0 bridgehead atoms. The van der Waals surface area contributed by atoms with Crippen molar-refractivity contribution in [3.8, 4) is 5.75 Å². The van der Waals surface area contributed by atoms with Gasteiger partial charge in [-0.25, -0.2) is 8.42 Å². The van der Waals surface area contributed by atoms with Crippen LogP contribution in [0.4, 0.5) is 5.69 Å². The number of hydrogen-bond donors (Lipinski definition) is 2. The molecule has 0 saturated heterocycles. The van der Waals surface area contributed by atoms with Gasteiger partial charge in [-0.1, -0.05) is 25.1 Å². The molecule has 10 heteroatoms. The van der Waals surface area contributed by atoms with Gasteiger partial charge in [0.25, 0.3) is 5.91 Å². The number of fused-ring (bicyclic) bond motifs is 1. The number of carbonyl (C=O) groups excluding carboxylic acids is 2. The number of anilines is 1. The third-order valence-electron chi connectivity index (χ3n) is 6.77. The summed E-state index contributed by atoms with van der Waals surface area (Å²) in [4.78, 5) is 27.5. The average Bonchev–Trinajstić information content (AvgIpc) is 3.72. The van der Waals surface area contributed by atoms with E-state index in [1.165, 1.54) is 11.4 Å². The first-order valence-electron chi connectivity index (χ1n) is 12.2. The normalized spacial score (nSPS) is 21.2. The molecule has 1 fully saturated rings. The third-order valence-corrected chi connectivity index (χ3v) is 8.61. The summed E-state index contributed by atoms with van der Waals surface area (Å²) in [5, 5.41) is 12.7. The van der Waals surface area contributed by atoms with Crippen LogP contribution in [0.25, 0.3) is 0 Å². The summed E-state index contributed by atoms with van der Waals surface area (Å²) in [6.07, 6.45) is 1.15. The monoisotopic (exact) mass is 515 g/mol. The lowest BCUT2D eigenvalue weighted by molar-refractivity contribution is -0.117. The van der Waals surface area contributed by atoms with Crippen molar-refractivity contribution < 1.29 is 27.9 Å². The summed E-state index contributed by atoms with van der Waals surface area (Å²) in [6.45, 7) is 3.76. The Bertz CT molecular complexity index is 1220. The van der Waals surface area contributed by atoms with Crippen molar-refractivity contribution in [1.29, 1.82) is 0 Å². The molecule has 194 valence electrons. The van der Waals surface area contributed by atoms with E-state index in [1.807, 2.05) is 6.92 Å². The number of nitrogens with zero attached hydrogens (tertiary/aromatic N) is 2. The molecule has 3 atom stereocenters. The SMILES string of the molecule is C[C@@H]1CN([C@@H](C)CO)C(=O)c2cc(NC(=O)C3CC3)ccc2O[C@H]1CN(C)S(=O)(=O)c1ccccc1. The Morgan fingerprint density at radius 2 is 1.92 bits per heavy atom. The van der Waals surface area contributed by atoms with E-state index in [-0.39, 0.29) is 53.8 Å². The second-order valence-electron chi connectivity index (χ2n) is 9.70. The Morgan fingerprint density at radius 3 is 2.56 bits per heavy atom. The molecular formula is C26H33N3O6S. The molecule has 0 spiro atoms. The Labute approximate surface area is 212 Å². The molecule has 4 rings (SSSR count). The second kappa shape index (κ2) is 10.6. The van der Waals surface area contributed by atoms with Crippen LogP contribution >= 0.6 is 0 Å². The molecule has 2 aliphatic rings. The fourth-order valence-corrected chi connectivity index (χ4v) is 5.44. The number of aliphatic hydroxyl groups is 1. The maximum absolute atomic E-state index is 13.5. The molecule has 1 heterocycles. The number of sulfonamides is 1. The van der Waals surface area contributed by atoms with Gasteiger partial charge >= 0.3 is 0 Å². The van der Waals surface area contributed by atoms with Crippen LogP contribution in [0.2, 0.25) is 0 Å². The highest BCUT2D eigenvalue weighted by atomic mass is 32.2. The van der Waals surface area contributed by atoms with E-state index in [9.17, 15) is 23.1 Å². The smallest absolute Gasteiger partial charge is 0.258 e. The number of amides is 2. The van der Waals surface area contributed by atoms with Crippen molar-refractivity contribution in [3.05, 3.63) is 54.1 Å². The van der Waals surface area contributed by atoms with Gasteiger partial charge in [0.15, 0.2) is 0 Å². The molecule has 0 unspecified atom stereocenters. The highest BCUT2D eigenvalue weighted by Gasteiger charge is 2.36. The van der Waals surface area contributed by atoms with Crippen LogP contribution in [0.15, 0.2) is 53.4 Å². The first kappa shape index (κ1) is 26.1. The molecule has 1 saturated carbocycles. The minimum atomic E-state index is -3.74. The Kier molecular flexibility index (Phi) is 7.67. The van der Waals surface area contributed by atoms with Crippen LogP contribution in [-0.2, 0) is 14.8 Å². The standard InChI is InChI=1S/C26H33N3O6S/c1-17-14-29(18(2)16-30)26(32)22-13-20(27-25(31)19-9-10-19)11-12-23(22)35-24(17)15-28(3)36(33,34)21-7-5-4-6-8-21/h4-8,11-13,17-19,24,30H,9-10,14-16H2,1-3H3,(H,27,31)/t17-,18+,24+/m1/s1. The third kappa shape index (κ3) is 5.55. The Balaban J connectivity index is 1.65. The lowest BCUT2D eigenvalue weighted by atomic mass is 9.99. The maximum Gasteiger partial charge on any atom is 0.258 e. The van der Waals surface area contributed by atoms with Gasteiger partial charge < -0.3 is 20.1 Å². The number of nitrogens with one attached hydrogen (secondary N) is 1. The molecule has 9 nitrogen and oxygen atoms in total. The van der Waals surface area contributed by atoms with Crippen LogP contribution in [0, 0.1) is 11.8 Å². The van der Waals surface area contributed by atoms with Crippen molar-refractivity contribution in [2.45, 2.75) is 43.7 Å². The molecule has 0 radical (unpaired) electrons. The minimum absolute atomic E-state index is 0.0113. The zero-order valence-corrected chi connectivity index (χ0v) is 21.6. The molecular weight excluding hydrogens is 482 g/mol. The number of ether oxygens (including phenoxy) is 1. The highest BCUT2D eigenvalue weighted by molar-refractivity contribution is 7.89. The van der Waals surface area contributed by atoms with Crippen LogP contribution in [0.1, 0.15) is 37.0 Å². The molecule has 1 aliphatic carbocycles. The van der Waals surface area contributed by atoms with Gasteiger partial charge in [-0.15, -0.1) is 0 Å². The lowest BCUT2D eigenvalue weighted by Gasteiger charge is -2.38. The van der Waals surface area contributed by atoms with Crippen molar-refractivity contribution in [2.24, 2.45) is 11.8 Å². The molecule has 0 aromatic heterocycles. The van der Waals surface area contributed by atoms with Crippen LogP contribution in [0.3, 0.4) is 0 Å². The van der Waals surface area contributed by atoms with Gasteiger partial charge in [0.2, 0.25) is 15.9 Å². The maximum atomic E-state index is 13.5. The second-order valence-corrected chi connectivity index (χ2v) is 11.7. The van der Waals surface area contributed by atoms with E-state index >= 15 is 0 Å². The van der Waals surface area contributed by atoms with Gasteiger partial charge in [0, 0.05) is 31.1 Å². The van der Waals surface area contributed by atoms with Crippen LogP contribution in [-0.4, -0.2) is 73.4 Å². The van der Waals surface area contributed by atoms with Gasteiger partial charge in [-0.2, -0.15) is 4.31 Å². The summed E-state index contributed by atoms with van der Waals surface area (Å²) in [7, 11) is -2.23. The van der Waals surface area contributed by atoms with Crippen LogP contribution < -0.4 is 10.1 Å². The molecule has 1 aliphatic heterocycles. The molecule has 2 aromatic carbocycles. The summed E-state index contributed by atoms with van der Waals surface area (Å²) < 4.78 is 33.8. The number of carbonyl (C=O) groups is 2. The van der Waals surface area contributed by atoms with Gasteiger partial charge in [-0.3, -0.25) is 9.59 Å². The van der Waals surface area contributed by atoms with E-state index < -0.39 is 22.2 Å². The summed E-state index contributed by atoms with van der Waals surface area (Å²) in [5.41, 5.74) is 0.752. The van der Waals surface area contributed by atoms with Crippen molar-refractivity contribution in [1.82, 2.24) is 9.21 Å². The number of hydrogen-bond acceptors (Lipinski definition) is 6. The van der Waals surface area contributed by atoms with E-state index in [2.05, 4.69) is 5.32 Å². The van der Waals surface area contributed by atoms with Gasteiger partial charge in [0.1, 0.15) is 11.9 Å². The van der Waals surface area contributed by atoms with E-state index in [0.717, 1.165) is 12.8 Å². The van der Waals surface area contributed by atoms with E-state index in [1.54, 1.807) is 60.4 Å². The molecule has 2 N–H and O–H groups in total. The predicted molar refractivity (Wildman–Crippen MR) is 135 cm³/mol. The van der Waals surface area contributed by atoms with E-state index in [0.29, 0.717) is 11.4 Å². The quantitative estimate of drug-likeness (QED) is 0.558. The van der Waals surface area contributed by atoms with Gasteiger partial charge in [0.05, 0.1) is 29.7 Å². The first-order valence-corrected chi connectivity index (χ1v) is 13.6. The first-order chi connectivity index (χ1) is 17.1. The van der Waals surface area contributed by atoms with Gasteiger partial charge in [-0.05, 0) is 50.1 Å². The summed E-state index contributed by atoms with van der Waals surface area (Å²) >= 11 is 0. The Morgan fingerprint density at radius 1 is 1.22 bits per heavy atom. The molecule has 2 aromatic rings. The lowest BCUT2D eigenvalue weighted by Crippen LogP contribution is -2.50. The van der Waals surface area contributed by atoms with Crippen molar-refractivity contribution in [2.75, 3.05) is 32.1 Å². The Hall–Kier alpha value is -2.95. The minimum Gasteiger partial charge on any atom is -0.488 e. The summed E-state index contributed by atoms with van der Waals surface area (Å²) in [6, 6.07) is 12.6. The summed E-state index contributed by atoms with van der Waals surface area (Å²) in [5.74, 6) is -0.309. The number of benzene rings is 2. The topological polar surface area (TPSA) is 116 Å². The average molecular weight is 516 g/mol. The fourth-order valence-electron chi connectivity index (χ4n) is 4.23. The van der Waals surface area contributed by atoms with Crippen molar-refractivity contribution in [3.63, 3.8) is 0 Å². The largest absolute Gasteiger partial charge is 0.488 e. The zero-order valence-electron chi connectivity index (χ0n) is 20.8. The number of rotatable bonds is 8. The highest BCUT2D eigenvalue weighted by Crippen LogP contribution is 2.33.